The highest BCUT2D eigenvalue weighted by atomic mass is 32.1. The van der Waals surface area contributed by atoms with E-state index in [0.29, 0.717) is 20.6 Å². The van der Waals surface area contributed by atoms with Crippen molar-refractivity contribution in [3.8, 4) is 0 Å². The second kappa shape index (κ2) is 7.63. The molecule has 7 nitrogen and oxygen atoms in total. The summed E-state index contributed by atoms with van der Waals surface area (Å²) in [6.07, 6.45) is 5.42. The number of benzene rings is 1. The van der Waals surface area contributed by atoms with E-state index in [1.165, 1.54) is 18.4 Å². The fourth-order valence-electron chi connectivity index (χ4n) is 3.42. The summed E-state index contributed by atoms with van der Waals surface area (Å²) in [4.78, 5) is 31.0. The van der Waals surface area contributed by atoms with Crippen LogP contribution in [0.2, 0.25) is 0 Å². The number of aryl methyl sites for hydroxylation is 1. The maximum atomic E-state index is 13.3. The molecule has 1 unspecified atom stereocenters. The van der Waals surface area contributed by atoms with E-state index >= 15 is 0 Å². The molecule has 1 aliphatic rings. The van der Waals surface area contributed by atoms with Crippen molar-refractivity contribution in [3.63, 3.8) is 0 Å². The number of thiazole rings is 1. The van der Waals surface area contributed by atoms with Gasteiger partial charge >= 0.3 is 5.97 Å². The Balaban J connectivity index is 1.95. The van der Waals surface area contributed by atoms with Gasteiger partial charge in [-0.1, -0.05) is 41.7 Å². The first-order valence-electron chi connectivity index (χ1n) is 9.21. The van der Waals surface area contributed by atoms with Crippen LogP contribution < -0.4 is 14.9 Å². The minimum absolute atomic E-state index is 0.194. The molecule has 0 amide bonds. The summed E-state index contributed by atoms with van der Waals surface area (Å²) in [5.74, 6) is -0.487. The second-order valence-corrected chi connectivity index (χ2v) is 7.62. The fraction of sp³-hybridized carbons (Fsp3) is 0.238. The number of hydrogen-bond acceptors (Lipinski definition) is 6. The van der Waals surface area contributed by atoms with E-state index in [0.717, 1.165) is 17.7 Å². The van der Waals surface area contributed by atoms with E-state index in [1.807, 2.05) is 49.5 Å². The number of nitrogens with zero attached hydrogens (tertiary/aromatic N) is 4. The van der Waals surface area contributed by atoms with Crippen molar-refractivity contribution in [3.05, 3.63) is 84.8 Å². The third-order valence-electron chi connectivity index (χ3n) is 4.82. The summed E-state index contributed by atoms with van der Waals surface area (Å²) in [7, 11) is 1.33. The molecule has 0 saturated heterocycles. The van der Waals surface area contributed by atoms with E-state index in [9.17, 15) is 9.59 Å². The topological polar surface area (TPSA) is 78.5 Å². The Hall–Kier alpha value is -3.26. The monoisotopic (exact) mass is 408 g/mol. The molecule has 0 fully saturated rings. The molecule has 4 rings (SSSR count). The third kappa shape index (κ3) is 3.36. The third-order valence-corrected chi connectivity index (χ3v) is 5.80. The standard InChI is InChI=1S/C21H20N4O3S/c1-4-24-12-14(11-22-24)10-16-19(26)25-18(15-8-6-5-7-9-15)17(20(27)28-3)13(2)23-21(25)29-16/h5-12,18H,4H2,1-3H3. The first-order chi connectivity index (χ1) is 14.0. The van der Waals surface area contributed by atoms with Gasteiger partial charge in [0, 0.05) is 18.3 Å². The molecule has 3 heterocycles. The first kappa shape index (κ1) is 19.1. The quantitative estimate of drug-likeness (QED) is 0.615. The van der Waals surface area contributed by atoms with Crippen molar-refractivity contribution in [2.75, 3.05) is 7.11 Å². The molecule has 0 N–H and O–H groups in total. The van der Waals surface area contributed by atoms with Crippen LogP contribution in [0.5, 0.6) is 0 Å². The summed E-state index contributed by atoms with van der Waals surface area (Å²) >= 11 is 1.30. The van der Waals surface area contributed by atoms with Crippen LogP contribution in [0, 0.1) is 0 Å². The highest BCUT2D eigenvalue weighted by Crippen LogP contribution is 2.30. The SMILES string of the molecule is CCn1cc(C=c2sc3n(c2=O)C(c2ccccc2)C(C(=O)OC)=C(C)N=3)cn1. The number of fused-ring (bicyclic) bond motifs is 1. The van der Waals surface area contributed by atoms with Crippen LogP contribution in [0.15, 0.2) is 63.8 Å². The molecule has 0 aliphatic carbocycles. The van der Waals surface area contributed by atoms with Gasteiger partial charge in [-0.3, -0.25) is 14.0 Å². The predicted molar refractivity (Wildman–Crippen MR) is 110 cm³/mol. The van der Waals surface area contributed by atoms with Gasteiger partial charge < -0.3 is 4.74 Å². The lowest BCUT2D eigenvalue weighted by Crippen LogP contribution is -2.39. The molecule has 1 atom stereocenters. The normalized spacial score (nSPS) is 16.5. The molecule has 1 aromatic carbocycles. The number of carbonyl (C=O) groups excluding carboxylic acids is 1. The van der Waals surface area contributed by atoms with Gasteiger partial charge in [-0.25, -0.2) is 9.79 Å². The van der Waals surface area contributed by atoms with E-state index in [4.69, 9.17) is 4.74 Å². The van der Waals surface area contributed by atoms with E-state index < -0.39 is 12.0 Å². The van der Waals surface area contributed by atoms with E-state index in [-0.39, 0.29) is 5.56 Å². The van der Waals surface area contributed by atoms with Crippen LogP contribution in [0.3, 0.4) is 0 Å². The van der Waals surface area contributed by atoms with Gasteiger partial charge in [0.1, 0.15) is 0 Å². The van der Waals surface area contributed by atoms with Crippen molar-refractivity contribution < 1.29 is 9.53 Å². The molecule has 29 heavy (non-hydrogen) atoms. The number of aromatic nitrogens is 3. The Morgan fingerprint density at radius 2 is 2.07 bits per heavy atom. The molecule has 148 valence electrons. The van der Waals surface area contributed by atoms with Gasteiger partial charge in [0.25, 0.3) is 5.56 Å². The summed E-state index contributed by atoms with van der Waals surface area (Å²) in [6.45, 7) is 4.52. The molecule has 0 bridgehead atoms. The molecular formula is C21H20N4O3S. The summed E-state index contributed by atoms with van der Waals surface area (Å²) < 4.78 is 8.92. The highest BCUT2D eigenvalue weighted by Gasteiger charge is 2.32. The van der Waals surface area contributed by atoms with Crippen LogP contribution in [-0.4, -0.2) is 27.4 Å². The molecular weight excluding hydrogens is 388 g/mol. The largest absolute Gasteiger partial charge is 0.466 e. The van der Waals surface area contributed by atoms with Gasteiger partial charge in [0.15, 0.2) is 4.80 Å². The lowest BCUT2D eigenvalue weighted by Gasteiger charge is -2.24. The number of esters is 1. The van der Waals surface area contributed by atoms with E-state index in [1.54, 1.807) is 22.4 Å². The van der Waals surface area contributed by atoms with Gasteiger partial charge in [-0.05, 0) is 25.5 Å². The lowest BCUT2D eigenvalue weighted by molar-refractivity contribution is -0.136. The number of ether oxygens (including phenoxy) is 1. The molecule has 0 radical (unpaired) electrons. The molecule has 8 heteroatoms. The molecule has 0 spiro atoms. The minimum atomic E-state index is -0.583. The van der Waals surface area contributed by atoms with Gasteiger partial charge in [0.05, 0.1) is 35.2 Å². The Morgan fingerprint density at radius 1 is 1.31 bits per heavy atom. The summed E-state index contributed by atoms with van der Waals surface area (Å²) in [5.41, 5.74) is 2.40. The van der Waals surface area contributed by atoms with Gasteiger partial charge in [-0.15, -0.1) is 0 Å². The number of methoxy groups -OCH3 is 1. The number of allylic oxidation sites excluding steroid dienone is 1. The maximum absolute atomic E-state index is 13.3. The predicted octanol–water partition coefficient (Wildman–Crippen LogP) is 1.62. The zero-order chi connectivity index (χ0) is 20.5. The summed E-state index contributed by atoms with van der Waals surface area (Å²) in [6, 6.07) is 8.88. The lowest BCUT2D eigenvalue weighted by atomic mass is 9.96. The minimum Gasteiger partial charge on any atom is -0.466 e. The van der Waals surface area contributed by atoms with Crippen molar-refractivity contribution in [2.24, 2.45) is 4.99 Å². The second-order valence-electron chi connectivity index (χ2n) is 6.61. The zero-order valence-electron chi connectivity index (χ0n) is 16.3. The van der Waals surface area contributed by atoms with Crippen molar-refractivity contribution in [1.82, 2.24) is 14.3 Å². The number of hydrogen-bond donors (Lipinski definition) is 0. The average molecular weight is 408 g/mol. The van der Waals surface area contributed by atoms with Crippen LogP contribution in [0.1, 0.15) is 31.0 Å². The molecule has 0 saturated carbocycles. The van der Waals surface area contributed by atoms with E-state index in [2.05, 4.69) is 10.1 Å². The van der Waals surface area contributed by atoms with Crippen LogP contribution in [0.25, 0.3) is 6.08 Å². The number of rotatable bonds is 4. The van der Waals surface area contributed by atoms with Crippen molar-refractivity contribution >= 4 is 23.4 Å². The Bertz CT molecular complexity index is 1280. The zero-order valence-corrected chi connectivity index (χ0v) is 17.1. The Kier molecular flexibility index (Phi) is 5.02. The van der Waals surface area contributed by atoms with Crippen molar-refractivity contribution in [1.29, 1.82) is 0 Å². The van der Waals surface area contributed by atoms with Crippen molar-refractivity contribution in [2.45, 2.75) is 26.4 Å². The fourth-order valence-corrected chi connectivity index (χ4v) is 4.47. The molecule has 3 aromatic rings. The Labute approximate surface area is 170 Å². The van der Waals surface area contributed by atoms with Gasteiger partial charge in [-0.2, -0.15) is 5.10 Å². The smallest absolute Gasteiger partial charge is 0.338 e. The van der Waals surface area contributed by atoms with Crippen LogP contribution in [-0.2, 0) is 16.1 Å². The Morgan fingerprint density at radius 3 is 2.72 bits per heavy atom. The van der Waals surface area contributed by atoms with Gasteiger partial charge in [0.2, 0.25) is 0 Å². The highest BCUT2D eigenvalue weighted by molar-refractivity contribution is 7.07. The summed E-state index contributed by atoms with van der Waals surface area (Å²) in [5, 5.41) is 4.25. The van der Waals surface area contributed by atoms with Crippen LogP contribution >= 0.6 is 11.3 Å². The maximum Gasteiger partial charge on any atom is 0.338 e. The molecule has 1 aliphatic heterocycles. The first-order valence-corrected chi connectivity index (χ1v) is 10.0. The van der Waals surface area contributed by atoms with Crippen LogP contribution in [0.4, 0.5) is 0 Å². The average Bonchev–Trinajstić information content (AvgIpc) is 3.31. The number of carbonyl (C=O) groups is 1. The molecule has 2 aromatic heterocycles.